The van der Waals surface area contributed by atoms with E-state index >= 15 is 0 Å². The number of phenols is 2. The quantitative estimate of drug-likeness (QED) is 0.0490. The summed E-state index contributed by atoms with van der Waals surface area (Å²) in [5.41, 5.74) is 17.8. The van der Waals surface area contributed by atoms with E-state index in [1.807, 2.05) is 13.8 Å². The molecule has 4 atom stereocenters. The third-order valence-corrected chi connectivity index (χ3v) is 7.09. The lowest BCUT2D eigenvalue weighted by atomic mass is 10.0. The number of benzene rings is 2. The third kappa shape index (κ3) is 14.4. The standard InChI is InChI=1S/C32H46N8O8/c1-18(2)14-24(29(45)37-17-27(43)38-26(31(47)48)16-20-7-11-22(42)12-8-20)40-30(46)25(15-19-5-9-21(41)10-6-19)39-28(44)23(33)4-3-13-36-32(34)35/h5-12,18,23-26,41-42H,3-4,13-17,33H2,1-2H3,(H,37,45)(H,38,43)(H,39,44)(H,40,46)(H,47,48)(H4,34,35,36). The van der Waals surface area contributed by atoms with E-state index in [-0.39, 0.29) is 55.6 Å². The maximum atomic E-state index is 13.6. The number of phenolic OH excluding ortho intramolecular Hbond substituents is 2. The maximum Gasteiger partial charge on any atom is 0.326 e. The normalized spacial score (nSPS) is 13.3. The monoisotopic (exact) mass is 670 g/mol. The van der Waals surface area contributed by atoms with Gasteiger partial charge in [0.25, 0.3) is 0 Å². The number of amides is 4. The number of nitrogens with zero attached hydrogens (tertiary/aromatic N) is 1. The summed E-state index contributed by atoms with van der Waals surface area (Å²) in [6.07, 6.45) is 0.774. The van der Waals surface area contributed by atoms with E-state index < -0.39 is 60.3 Å². The second-order valence-corrected chi connectivity index (χ2v) is 11.7. The number of rotatable bonds is 19. The van der Waals surface area contributed by atoms with E-state index in [2.05, 4.69) is 26.3 Å². The van der Waals surface area contributed by atoms with Gasteiger partial charge in [-0.25, -0.2) is 4.79 Å². The molecule has 0 saturated heterocycles. The number of carboxylic acids is 1. The van der Waals surface area contributed by atoms with Gasteiger partial charge in [-0.3, -0.25) is 24.2 Å². The van der Waals surface area contributed by atoms with E-state index in [9.17, 15) is 39.3 Å². The van der Waals surface area contributed by atoms with E-state index in [4.69, 9.17) is 17.2 Å². The minimum Gasteiger partial charge on any atom is -0.508 e. The molecule has 0 heterocycles. The van der Waals surface area contributed by atoms with Crippen LogP contribution in [0.3, 0.4) is 0 Å². The summed E-state index contributed by atoms with van der Waals surface area (Å²) >= 11 is 0. The molecular formula is C32H46N8O8. The number of nitrogens with two attached hydrogens (primary N) is 3. The Bertz CT molecular complexity index is 1410. The summed E-state index contributed by atoms with van der Waals surface area (Å²) < 4.78 is 0. The Balaban J connectivity index is 2.10. The number of aliphatic carboxylic acids is 1. The van der Waals surface area contributed by atoms with Gasteiger partial charge in [0, 0.05) is 19.4 Å². The first kappa shape index (κ1) is 38.8. The van der Waals surface area contributed by atoms with Gasteiger partial charge in [-0.05, 0) is 60.6 Å². The molecule has 4 unspecified atom stereocenters. The molecule has 262 valence electrons. The van der Waals surface area contributed by atoms with Gasteiger partial charge in [0.15, 0.2) is 5.96 Å². The van der Waals surface area contributed by atoms with Crippen LogP contribution < -0.4 is 38.5 Å². The molecule has 0 aliphatic rings. The molecule has 2 aromatic carbocycles. The van der Waals surface area contributed by atoms with E-state index in [0.717, 1.165) is 0 Å². The van der Waals surface area contributed by atoms with Gasteiger partial charge in [0.05, 0.1) is 12.6 Å². The first-order valence-corrected chi connectivity index (χ1v) is 15.4. The molecule has 0 aliphatic heterocycles. The van der Waals surface area contributed by atoms with Crippen LogP contribution in [0.25, 0.3) is 0 Å². The molecule has 13 N–H and O–H groups in total. The van der Waals surface area contributed by atoms with Gasteiger partial charge in [0.2, 0.25) is 23.6 Å². The van der Waals surface area contributed by atoms with Crippen molar-refractivity contribution in [3.63, 3.8) is 0 Å². The number of carboxylic acid groups (broad SMARTS) is 1. The van der Waals surface area contributed by atoms with Crippen molar-refractivity contribution in [3.8, 4) is 11.5 Å². The van der Waals surface area contributed by atoms with Crippen LogP contribution in [-0.2, 0) is 36.8 Å². The Kier molecular flexibility index (Phi) is 15.6. The molecule has 0 fully saturated rings. The number of hydrogen-bond donors (Lipinski definition) is 10. The molecule has 4 amide bonds. The molecule has 48 heavy (non-hydrogen) atoms. The third-order valence-electron chi connectivity index (χ3n) is 7.09. The van der Waals surface area contributed by atoms with Crippen LogP contribution in [0.5, 0.6) is 11.5 Å². The maximum absolute atomic E-state index is 13.6. The van der Waals surface area contributed by atoms with Crippen LogP contribution in [-0.4, -0.2) is 88.1 Å². The van der Waals surface area contributed by atoms with Crippen molar-refractivity contribution >= 4 is 35.6 Å². The Morgan fingerprint density at radius 1 is 0.750 bits per heavy atom. The molecule has 0 aliphatic carbocycles. The summed E-state index contributed by atoms with van der Waals surface area (Å²) in [5, 5.41) is 38.8. The summed E-state index contributed by atoms with van der Waals surface area (Å²) in [6.45, 7) is 3.36. The smallest absolute Gasteiger partial charge is 0.326 e. The lowest BCUT2D eigenvalue weighted by Gasteiger charge is -2.25. The predicted octanol–water partition coefficient (Wildman–Crippen LogP) is -1.03. The fraction of sp³-hybridized carbons (Fsp3) is 0.438. The highest BCUT2D eigenvalue weighted by Crippen LogP contribution is 2.14. The Hall–Kier alpha value is -5.38. The molecule has 2 rings (SSSR count). The van der Waals surface area contributed by atoms with Gasteiger partial charge >= 0.3 is 5.97 Å². The number of carbonyl (C=O) groups is 5. The van der Waals surface area contributed by atoms with Crippen molar-refractivity contribution in [1.82, 2.24) is 21.3 Å². The van der Waals surface area contributed by atoms with Gasteiger partial charge in [-0.2, -0.15) is 0 Å². The highest BCUT2D eigenvalue weighted by atomic mass is 16.4. The van der Waals surface area contributed by atoms with Crippen LogP contribution in [0.2, 0.25) is 0 Å². The van der Waals surface area contributed by atoms with Crippen LogP contribution >= 0.6 is 0 Å². The first-order valence-electron chi connectivity index (χ1n) is 15.4. The molecule has 16 nitrogen and oxygen atoms in total. The van der Waals surface area contributed by atoms with E-state index in [0.29, 0.717) is 17.5 Å². The molecule has 0 bridgehead atoms. The van der Waals surface area contributed by atoms with Gasteiger partial charge in [0.1, 0.15) is 29.6 Å². The number of hydrogen-bond acceptors (Lipinski definition) is 9. The largest absolute Gasteiger partial charge is 0.508 e. The molecule has 0 spiro atoms. The number of nitrogens with one attached hydrogen (secondary N) is 4. The topological polar surface area (TPSA) is 285 Å². The number of aromatic hydroxyl groups is 2. The summed E-state index contributed by atoms with van der Waals surface area (Å²) in [6, 6.07) is 7.33. The average molecular weight is 671 g/mol. The zero-order valence-electron chi connectivity index (χ0n) is 27.0. The first-order chi connectivity index (χ1) is 22.6. The minimum atomic E-state index is -1.30. The fourth-order valence-corrected chi connectivity index (χ4v) is 4.59. The van der Waals surface area contributed by atoms with Gasteiger partial charge in [-0.1, -0.05) is 38.1 Å². The second kappa shape index (κ2) is 19.3. The van der Waals surface area contributed by atoms with Crippen LogP contribution in [0.15, 0.2) is 53.5 Å². The van der Waals surface area contributed by atoms with Crippen molar-refractivity contribution in [2.45, 2.75) is 70.1 Å². The number of aliphatic imine (C=N–C) groups is 1. The fourth-order valence-electron chi connectivity index (χ4n) is 4.59. The summed E-state index contributed by atoms with van der Waals surface area (Å²) in [7, 11) is 0. The van der Waals surface area contributed by atoms with Crippen molar-refractivity contribution in [2.24, 2.45) is 28.1 Å². The Morgan fingerprint density at radius 2 is 1.27 bits per heavy atom. The van der Waals surface area contributed by atoms with Gasteiger partial charge in [-0.15, -0.1) is 0 Å². The Morgan fingerprint density at radius 3 is 1.77 bits per heavy atom. The van der Waals surface area contributed by atoms with E-state index in [1.165, 1.54) is 36.4 Å². The average Bonchev–Trinajstić information content (AvgIpc) is 3.02. The molecule has 16 heteroatoms. The molecular weight excluding hydrogens is 624 g/mol. The molecule has 2 aromatic rings. The van der Waals surface area contributed by atoms with Crippen LogP contribution in [0, 0.1) is 5.92 Å². The minimum absolute atomic E-state index is 0.00837. The Labute approximate surface area is 278 Å². The molecule has 0 aromatic heterocycles. The number of carbonyl (C=O) groups excluding carboxylic acids is 4. The van der Waals surface area contributed by atoms with Crippen LogP contribution in [0.4, 0.5) is 0 Å². The summed E-state index contributed by atoms with van der Waals surface area (Å²) in [4.78, 5) is 67.9. The zero-order valence-corrected chi connectivity index (χ0v) is 27.0. The van der Waals surface area contributed by atoms with Crippen LogP contribution in [0.1, 0.15) is 44.2 Å². The van der Waals surface area contributed by atoms with Crippen molar-refractivity contribution in [2.75, 3.05) is 13.1 Å². The van der Waals surface area contributed by atoms with Crippen molar-refractivity contribution in [3.05, 3.63) is 59.7 Å². The molecule has 0 saturated carbocycles. The highest BCUT2D eigenvalue weighted by Gasteiger charge is 2.29. The van der Waals surface area contributed by atoms with Crippen molar-refractivity contribution < 1.29 is 39.3 Å². The van der Waals surface area contributed by atoms with E-state index in [1.54, 1.807) is 12.1 Å². The predicted molar refractivity (Wildman–Crippen MR) is 177 cm³/mol. The lowest BCUT2D eigenvalue weighted by Crippen LogP contribution is -2.57. The molecule has 0 radical (unpaired) electrons. The zero-order chi connectivity index (χ0) is 35.8. The SMILES string of the molecule is CC(C)CC(NC(=O)C(Cc1ccc(O)cc1)NC(=O)C(N)CCCN=C(N)N)C(=O)NCC(=O)NC(Cc1ccc(O)cc1)C(=O)O. The van der Waals surface area contributed by atoms with Gasteiger partial charge < -0.3 is 53.8 Å². The highest BCUT2D eigenvalue weighted by molar-refractivity contribution is 5.94. The number of guanidine groups is 1. The summed E-state index contributed by atoms with van der Waals surface area (Å²) in [5.74, 6) is -4.18. The second-order valence-electron chi connectivity index (χ2n) is 11.7. The lowest BCUT2D eigenvalue weighted by molar-refractivity contribution is -0.141. The van der Waals surface area contributed by atoms with Crippen molar-refractivity contribution in [1.29, 1.82) is 0 Å².